The van der Waals surface area contributed by atoms with Crippen molar-refractivity contribution in [3.8, 4) is 11.5 Å². The van der Waals surface area contributed by atoms with Crippen LogP contribution in [0, 0.1) is 0 Å². The van der Waals surface area contributed by atoms with Crippen LogP contribution in [0.1, 0.15) is 32.3 Å². The molecule has 0 bridgehead atoms. The predicted octanol–water partition coefficient (Wildman–Crippen LogP) is 3.83. The number of nitrogens with one attached hydrogen (secondary N) is 1. The topological polar surface area (TPSA) is 71.1 Å². The second-order valence-electron chi connectivity index (χ2n) is 7.48. The summed E-state index contributed by atoms with van der Waals surface area (Å²) >= 11 is 5.56. The van der Waals surface area contributed by atoms with Crippen molar-refractivity contribution < 1.29 is 19.1 Å². The summed E-state index contributed by atoms with van der Waals surface area (Å²) < 4.78 is 10.8. The van der Waals surface area contributed by atoms with Gasteiger partial charge in [0.1, 0.15) is 17.5 Å². The largest absolute Gasteiger partial charge is 0.497 e. The summed E-state index contributed by atoms with van der Waals surface area (Å²) in [4.78, 5) is 29.1. The number of thiocarbonyl (C=S) groups is 1. The Morgan fingerprint density at radius 3 is 2.31 bits per heavy atom. The Balaban J connectivity index is 1.68. The number of rotatable bonds is 10. The van der Waals surface area contributed by atoms with Crippen LogP contribution >= 0.6 is 12.2 Å². The maximum atomic E-state index is 13.0. The molecule has 2 aromatic rings. The summed E-state index contributed by atoms with van der Waals surface area (Å²) in [6.45, 7) is 5.47. The zero-order valence-electron chi connectivity index (χ0n) is 18.7. The summed E-state index contributed by atoms with van der Waals surface area (Å²) in [5.74, 6) is 1.12. The molecule has 0 spiro atoms. The molecule has 2 amide bonds. The number of amides is 2. The zero-order chi connectivity index (χ0) is 23.1. The number of likely N-dealkylation sites (N-methyl/N-ethyl adjacent to an activating group) is 1. The molecular weight excluding hydrogens is 426 g/mol. The van der Waals surface area contributed by atoms with E-state index in [-0.39, 0.29) is 18.2 Å². The van der Waals surface area contributed by atoms with E-state index in [9.17, 15) is 9.59 Å². The van der Waals surface area contributed by atoms with E-state index in [4.69, 9.17) is 21.7 Å². The summed E-state index contributed by atoms with van der Waals surface area (Å²) in [6, 6.07) is 14.2. The molecular formula is C24H29N3O4S. The van der Waals surface area contributed by atoms with Gasteiger partial charge in [0.05, 0.1) is 20.1 Å². The number of anilines is 1. The summed E-state index contributed by atoms with van der Waals surface area (Å²) in [5.41, 5.74) is 1.63. The smallest absolute Gasteiger partial charge is 0.252 e. The van der Waals surface area contributed by atoms with Crippen molar-refractivity contribution in [3.05, 3.63) is 54.1 Å². The predicted molar refractivity (Wildman–Crippen MR) is 128 cm³/mol. The summed E-state index contributed by atoms with van der Waals surface area (Å²) in [6.07, 6.45) is 0.942. The molecule has 170 valence electrons. The minimum absolute atomic E-state index is 0.0136. The van der Waals surface area contributed by atoms with Crippen molar-refractivity contribution in [1.82, 2.24) is 9.80 Å². The minimum Gasteiger partial charge on any atom is -0.497 e. The highest BCUT2D eigenvalue weighted by Gasteiger charge is 2.42. The van der Waals surface area contributed by atoms with E-state index in [1.807, 2.05) is 55.1 Å². The van der Waals surface area contributed by atoms with Gasteiger partial charge in [-0.15, -0.1) is 0 Å². The van der Waals surface area contributed by atoms with E-state index in [0.29, 0.717) is 30.5 Å². The van der Waals surface area contributed by atoms with Gasteiger partial charge in [0.25, 0.3) is 5.91 Å². The van der Waals surface area contributed by atoms with Crippen LogP contribution in [0.3, 0.4) is 0 Å². The Labute approximate surface area is 194 Å². The normalized spacial score (nSPS) is 15.8. The Kier molecular flexibility index (Phi) is 8.05. The van der Waals surface area contributed by atoms with E-state index in [1.54, 1.807) is 24.1 Å². The van der Waals surface area contributed by atoms with Gasteiger partial charge < -0.3 is 19.7 Å². The minimum atomic E-state index is -0.642. The first kappa shape index (κ1) is 23.5. The molecule has 3 rings (SSSR count). The molecule has 1 atom stereocenters. The van der Waals surface area contributed by atoms with Gasteiger partial charge >= 0.3 is 0 Å². The maximum absolute atomic E-state index is 13.0. The average Bonchev–Trinajstić information content (AvgIpc) is 3.02. The van der Waals surface area contributed by atoms with Crippen molar-refractivity contribution in [2.75, 3.05) is 25.6 Å². The summed E-state index contributed by atoms with van der Waals surface area (Å²) in [7, 11) is 1.61. The number of carbonyl (C=O) groups excluding carboxylic acids is 2. The van der Waals surface area contributed by atoms with Gasteiger partial charge in [-0.1, -0.05) is 19.1 Å². The third-order valence-electron chi connectivity index (χ3n) is 5.22. The fourth-order valence-electron chi connectivity index (χ4n) is 3.53. The lowest BCUT2D eigenvalue weighted by Crippen LogP contribution is -2.37. The number of hydrogen-bond acceptors (Lipinski definition) is 5. The van der Waals surface area contributed by atoms with Gasteiger partial charge in [0.15, 0.2) is 5.11 Å². The van der Waals surface area contributed by atoms with Gasteiger partial charge in [0, 0.05) is 18.8 Å². The lowest BCUT2D eigenvalue weighted by molar-refractivity contribution is -0.130. The fourth-order valence-corrected chi connectivity index (χ4v) is 3.94. The molecule has 8 heteroatoms. The van der Waals surface area contributed by atoms with Crippen LogP contribution in [0.25, 0.3) is 0 Å². The number of hydrogen-bond donors (Lipinski definition) is 1. The molecule has 1 aliphatic heterocycles. The van der Waals surface area contributed by atoms with Crippen molar-refractivity contribution in [2.45, 2.75) is 39.3 Å². The van der Waals surface area contributed by atoms with Crippen LogP contribution in [0.2, 0.25) is 0 Å². The Bertz CT molecular complexity index is 947. The molecule has 0 aromatic heterocycles. The van der Waals surface area contributed by atoms with Crippen LogP contribution in [0.15, 0.2) is 48.5 Å². The fraction of sp³-hybridized carbons (Fsp3) is 0.375. The second kappa shape index (κ2) is 10.9. The van der Waals surface area contributed by atoms with E-state index in [1.165, 1.54) is 0 Å². The molecule has 2 aromatic carbocycles. The van der Waals surface area contributed by atoms with E-state index < -0.39 is 6.04 Å². The second-order valence-corrected chi connectivity index (χ2v) is 7.85. The van der Waals surface area contributed by atoms with Crippen molar-refractivity contribution in [2.24, 2.45) is 0 Å². The molecule has 1 aliphatic rings. The molecule has 0 saturated carbocycles. The lowest BCUT2D eigenvalue weighted by atomic mass is 10.1. The quantitative estimate of drug-likeness (QED) is 0.549. The molecule has 1 heterocycles. The Morgan fingerprint density at radius 2 is 1.72 bits per heavy atom. The SMILES string of the molecule is CCCOc1ccc(NC(=O)CC2C(=O)N(CC)C(=S)N2Cc2ccc(OC)cc2)cc1. The average molecular weight is 456 g/mol. The zero-order valence-corrected chi connectivity index (χ0v) is 19.5. The summed E-state index contributed by atoms with van der Waals surface area (Å²) in [5, 5.41) is 3.32. The number of methoxy groups -OCH3 is 1. The number of nitrogens with zero attached hydrogens (tertiary/aromatic N) is 2. The van der Waals surface area contributed by atoms with Gasteiger partial charge in [-0.05, 0) is 67.5 Å². The van der Waals surface area contributed by atoms with Gasteiger partial charge in [-0.2, -0.15) is 0 Å². The highest BCUT2D eigenvalue weighted by molar-refractivity contribution is 7.80. The van der Waals surface area contributed by atoms with Crippen molar-refractivity contribution >= 4 is 34.8 Å². The number of ether oxygens (including phenoxy) is 2. The van der Waals surface area contributed by atoms with Crippen LogP contribution in [-0.4, -0.2) is 53.0 Å². The molecule has 1 saturated heterocycles. The van der Waals surface area contributed by atoms with E-state index in [2.05, 4.69) is 5.32 Å². The molecule has 0 radical (unpaired) electrons. The molecule has 7 nitrogen and oxygen atoms in total. The standard InChI is InChI=1S/C24H29N3O4S/c1-4-14-31-20-12-8-18(9-13-20)25-22(28)15-21-23(29)26(5-2)24(32)27(21)16-17-6-10-19(30-3)11-7-17/h6-13,21H,4-5,14-16H2,1-3H3,(H,25,28). The molecule has 1 N–H and O–H groups in total. The number of benzene rings is 2. The van der Waals surface area contributed by atoms with Crippen LogP contribution < -0.4 is 14.8 Å². The first-order valence-corrected chi connectivity index (χ1v) is 11.1. The van der Waals surface area contributed by atoms with Gasteiger partial charge in [-0.3, -0.25) is 14.5 Å². The lowest BCUT2D eigenvalue weighted by Gasteiger charge is -2.24. The highest BCUT2D eigenvalue weighted by atomic mass is 32.1. The van der Waals surface area contributed by atoms with Crippen LogP contribution in [0.5, 0.6) is 11.5 Å². The van der Waals surface area contributed by atoms with Gasteiger partial charge in [-0.25, -0.2) is 0 Å². The Morgan fingerprint density at radius 1 is 1.06 bits per heavy atom. The Hall–Kier alpha value is -3.13. The first-order chi connectivity index (χ1) is 15.5. The molecule has 1 fully saturated rings. The third-order valence-corrected chi connectivity index (χ3v) is 5.68. The molecule has 32 heavy (non-hydrogen) atoms. The van der Waals surface area contributed by atoms with Crippen molar-refractivity contribution in [3.63, 3.8) is 0 Å². The molecule has 1 unspecified atom stereocenters. The monoisotopic (exact) mass is 455 g/mol. The van der Waals surface area contributed by atoms with Crippen LogP contribution in [-0.2, 0) is 16.1 Å². The van der Waals surface area contributed by atoms with Crippen LogP contribution in [0.4, 0.5) is 5.69 Å². The number of carbonyl (C=O) groups is 2. The van der Waals surface area contributed by atoms with Crippen molar-refractivity contribution in [1.29, 1.82) is 0 Å². The van der Waals surface area contributed by atoms with E-state index in [0.717, 1.165) is 23.5 Å². The van der Waals surface area contributed by atoms with E-state index >= 15 is 0 Å². The maximum Gasteiger partial charge on any atom is 0.252 e. The molecule has 0 aliphatic carbocycles. The third kappa shape index (κ3) is 5.56. The van der Waals surface area contributed by atoms with Gasteiger partial charge in [0.2, 0.25) is 5.91 Å². The highest BCUT2D eigenvalue weighted by Crippen LogP contribution is 2.25. The first-order valence-electron chi connectivity index (χ1n) is 10.7.